The zero-order valence-corrected chi connectivity index (χ0v) is 21.6. The molecule has 2 fully saturated rings. The number of carbonyl (C=O) groups is 3. The topological polar surface area (TPSA) is 105 Å². The third-order valence-electron chi connectivity index (χ3n) is 7.21. The minimum atomic E-state index is -0.636. The van der Waals surface area contributed by atoms with Crippen molar-refractivity contribution in [3.63, 3.8) is 0 Å². The molecule has 2 heterocycles. The van der Waals surface area contributed by atoms with Gasteiger partial charge < -0.3 is 25.6 Å². The van der Waals surface area contributed by atoms with E-state index in [4.69, 9.17) is 10.5 Å². The first-order chi connectivity index (χ1) is 17.5. The van der Waals surface area contributed by atoms with Crippen LogP contribution >= 0.6 is 11.3 Å². The number of hydrogen-bond donors (Lipinski definition) is 2. The Labute approximate surface area is 216 Å². The van der Waals surface area contributed by atoms with Crippen molar-refractivity contribution in [1.29, 1.82) is 0 Å². The summed E-state index contributed by atoms with van der Waals surface area (Å²) in [5.41, 5.74) is 7.16. The second kappa shape index (κ2) is 12.5. The molecule has 3 amide bonds. The number of benzene rings is 1. The summed E-state index contributed by atoms with van der Waals surface area (Å²) in [7, 11) is 1.47. The molecule has 1 saturated carbocycles. The molecule has 1 aromatic carbocycles. The van der Waals surface area contributed by atoms with Crippen LogP contribution in [0.1, 0.15) is 47.3 Å². The first kappa shape index (κ1) is 26.3. The van der Waals surface area contributed by atoms with Gasteiger partial charge in [0.2, 0.25) is 11.8 Å². The Morgan fingerprint density at radius 3 is 2.53 bits per heavy atom. The molecule has 1 saturated heterocycles. The quantitative estimate of drug-likeness (QED) is 0.537. The van der Waals surface area contributed by atoms with E-state index in [9.17, 15) is 14.4 Å². The second-order valence-corrected chi connectivity index (χ2v) is 10.7. The lowest BCUT2D eigenvalue weighted by Gasteiger charge is -2.30. The average molecular weight is 513 g/mol. The molecule has 2 aliphatic rings. The number of thiophene rings is 1. The Balaban J connectivity index is 1.52. The van der Waals surface area contributed by atoms with Gasteiger partial charge in [-0.25, -0.2) is 0 Å². The molecule has 9 heteroatoms. The van der Waals surface area contributed by atoms with E-state index in [1.807, 2.05) is 52.7 Å². The highest BCUT2D eigenvalue weighted by Gasteiger charge is 2.43. The Bertz CT molecular complexity index is 1010. The molecule has 36 heavy (non-hydrogen) atoms. The maximum Gasteiger partial charge on any atom is 0.264 e. The van der Waals surface area contributed by atoms with Crippen molar-refractivity contribution >= 4 is 29.1 Å². The molecule has 8 nitrogen and oxygen atoms in total. The molecule has 1 aromatic heterocycles. The van der Waals surface area contributed by atoms with Gasteiger partial charge in [-0.2, -0.15) is 0 Å². The predicted octanol–water partition coefficient (Wildman–Crippen LogP) is 2.43. The van der Waals surface area contributed by atoms with E-state index >= 15 is 0 Å². The van der Waals surface area contributed by atoms with Crippen LogP contribution in [0.5, 0.6) is 0 Å². The highest BCUT2D eigenvalue weighted by atomic mass is 32.1. The van der Waals surface area contributed by atoms with Crippen molar-refractivity contribution in [3.8, 4) is 0 Å². The van der Waals surface area contributed by atoms with Gasteiger partial charge in [0.25, 0.3) is 5.91 Å². The summed E-state index contributed by atoms with van der Waals surface area (Å²) in [5.74, 6) is -0.459. The minimum Gasteiger partial charge on any atom is -0.375 e. The number of methoxy groups -OCH3 is 1. The number of carbonyl (C=O) groups excluding carboxylic acids is 3. The fraction of sp³-hybridized carbons (Fsp3) is 0.519. The molecule has 194 valence electrons. The number of nitrogens with two attached hydrogens (primary N) is 1. The number of rotatable bonds is 9. The molecular formula is C27H36N4O4S. The first-order valence-corrected chi connectivity index (χ1v) is 13.6. The molecule has 2 aromatic rings. The average Bonchev–Trinajstić information content (AvgIpc) is 3.57. The standard InChI is InChI=1S/C27H36N4O4S/c1-35-18-25(32)31-17-22(16-23(31)26(33)29-21-11-9-20(28)10-12-21)30(27(34)24-8-5-15-36-24)14-13-19-6-3-2-4-7-19/h2-8,15,20-23H,9-14,16-18,28H2,1H3,(H,29,33). The summed E-state index contributed by atoms with van der Waals surface area (Å²) in [6.45, 7) is 0.714. The van der Waals surface area contributed by atoms with Gasteiger partial charge in [0.05, 0.1) is 10.9 Å². The van der Waals surface area contributed by atoms with E-state index < -0.39 is 6.04 Å². The first-order valence-electron chi connectivity index (χ1n) is 12.7. The number of likely N-dealkylation sites (tertiary alicyclic amines) is 1. The van der Waals surface area contributed by atoms with Crippen LogP contribution in [0.2, 0.25) is 0 Å². The largest absolute Gasteiger partial charge is 0.375 e. The van der Waals surface area contributed by atoms with Gasteiger partial charge >= 0.3 is 0 Å². The molecule has 0 spiro atoms. The van der Waals surface area contributed by atoms with Crippen molar-refractivity contribution in [2.45, 2.75) is 62.7 Å². The Morgan fingerprint density at radius 2 is 1.86 bits per heavy atom. The molecule has 2 unspecified atom stereocenters. The van der Waals surface area contributed by atoms with Gasteiger partial charge in [0.15, 0.2) is 0 Å². The van der Waals surface area contributed by atoms with Gasteiger partial charge in [0, 0.05) is 32.3 Å². The van der Waals surface area contributed by atoms with Gasteiger partial charge in [-0.05, 0) is 55.5 Å². The maximum atomic E-state index is 13.5. The lowest BCUT2D eigenvalue weighted by atomic mass is 9.91. The highest BCUT2D eigenvalue weighted by molar-refractivity contribution is 7.12. The Morgan fingerprint density at radius 1 is 1.11 bits per heavy atom. The molecular weight excluding hydrogens is 476 g/mol. The molecule has 2 atom stereocenters. The van der Waals surface area contributed by atoms with Crippen molar-refractivity contribution in [3.05, 3.63) is 58.3 Å². The van der Waals surface area contributed by atoms with Crippen LogP contribution in [0.3, 0.4) is 0 Å². The van der Waals surface area contributed by atoms with E-state index in [2.05, 4.69) is 5.32 Å². The van der Waals surface area contributed by atoms with Crippen LogP contribution in [0.15, 0.2) is 47.8 Å². The predicted molar refractivity (Wildman–Crippen MR) is 140 cm³/mol. The normalized spacial score (nSPS) is 23.9. The number of amides is 3. The van der Waals surface area contributed by atoms with E-state index in [0.717, 1.165) is 31.2 Å². The lowest BCUT2D eigenvalue weighted by molar-refractivity contribution is -0.141. The monoisotopic (exact) mass is 512 g/mol. The number of ether oxygens (including phenoxy) is 1. The van der Waals surface area contributed by atoms with Crippen LogP contribution < -0.4 is 11.1 Å². The third-order valence-corrected chi connectivity index (χ3v) is 8.06. The number of nitrogens with one attached hydrogen (secondary N) is 1. The lowest BCUT2D eigenvalue weighted by Crippen LogP contribution is -2.50. The highest BCUT2D eigenvalue weighted by Crippen LogP contribution is 2.27. The zero-order chi connectivity index (χ0) is 25.5. The van der Waals surface area contributed by atoms with Crippen molar-refractivity contribution < 1.29 is 19.1 Å². The Kier molecular flexibility index (Phi) is 9.12. The van der Waals surface area contributed by atoms with Crippen LogP contribution in [0.4, 0.5) is 0 Å². The maximum absolute atomic E-state index is 13.5. The molecule has 3 N–H and O–H groups in total. The van der Waals surface area contributed by atoms with Crippen LogP contribution in [-0.2, 0) is 20.7 Å². The van der Waals surface area contributed by atoms with Crippen LogP contribution in [0.25, 0.3) is 0 Å². The third kappa shape index (κ3) is 6.52. The minimum absolute atomic E-state index is 0.0626. The van der Waals surface area contributed by atoms with E-state index in [1.165, 1.54) is 18.4 Å². The Hall–Kier alpha value is -2.75. The smallest absolute Gasteiger partial charge is 0.264 e. The van der Waals surface area contributed by atoms with Crippen molar-refractivity contribution in [2.75, 3.05) is 26.8 Å². The summed E-state index contributed by atoms with van der Waals surface area (Å²) in [4.78, 5) is 44.0. The van der Waals surface area contributed by atoms with Crippen molar-refractivity contribution in [2.24, 2.45) is 5.73 Å². The second-order valence-electron chi connectivity index (χ2n) is 9.72. The SMILES string of the molecule is COCC(=O)N1CC(N(CCc2ccccc2)C(=O)c2cccs2)CC1C(=O)NC1CCC(N)CC1. The number of nitrogens with zero attached hydrogens (tertiary/aromatic N) is 2. The van der Waals surface area contributed by atoms with Gasteiger partial charge in [-0.1, -0.05) is 36.4 Å². The molecule has 4 rings (SSSR count). The molecule has 0 bridgehead atoms. The summed E-state index contributed by atoms with van der Waals surface area (Å²) < 4.78 is 5.10. The van der Waals surface area contributed by atoms with E-state index in [0.29, 0.717) is 30.8 Å². The van der Waals surface area contributed by atoms with Crippen LogP contribution in [0, 0.1) is 0 Å². The van der Waals surface area contributed by atoms with Crippen molar-refractivity contribution in [1.82, 2.24) is 15.1 Å². The zero-order valence-electron chi connectivity index (χ0n) is 20.8. The fourth-order valence-corrected chi connectivity index (χ4v) is 5.90. The summed E-state index contributed by atoms with van der Waals surface area (Å²) in [6.07, 6.45) is 4.55. The number of hydrogen-bond acceptors (Lipinski definition) is 6. The summed E-state index contributed by atoms with van der Waals surface area (Å²) in [6, 6.07) is 13.1. The summed E-state index contributed by atoms with van der Waals surface area (Å²) in [5, 5.41) is 5.04. The molecule has 1 aliphatic heterocycles. The fourth-order valence-electron chi connectivity index (χ4n) is 5.22. The van der Waals surface area contributed by atoms with Gasteiger partial charge in [-0.3, -0.25) is 14.4 Å². The molecule has 1 aliphatic carbocycles. The van der Waals surface area contributed by atoms with Gasteiger partial charge in [-0.15, -0.1) is 11.3 Å². The summed E-state index contributed by atoms with van der Waals surface area (Å²) >= 11 is 1.40. The molecule has 0 radical (unpaired) electrons. The van der Waals surface area contributed by atoms with Gasteiger partial charge in [0.1, 0.15) is 12.6 Å². The van der Waals surface area contributed by atoms with E-state index in [1.54, 1.807) is 4.90 Å². The van der Waals surface area contributed by atoms with Crippen LogP contribution in [-0.4, -0.2) is 78.5 Å². The van der Waals surface area contributed by atoms with E-state index in [-0.39, 0.29) is 42.5 Å².